The second kappa shape index (κ2) is 7.28. The van der Waals surface area contributed by atoms with E-state index in [-0.39, 0.29) is 6.61 Å². The van der Waals surface area contributed by atoms with Crippen LogP contribution in [-0.2, 0) is 6.54 Å². The topological polar surface area (TPSA) is 35.5 Å². The normalized spacial score (nSPS) is 19.7. The van der Waals surface area contributed by atoms with Crippen molar-refractivity contribution in [1.29, 1.82) is 0 Å². The van der Waals surface area contributed by atoms with Crippen LogP contribution < -0.4 is 10.2 Å². The van der Waals surface area contributed by atoms with E-state index in [9.17, 15) is 5.11 Å². The van der Waals surface area contributed by atoms with E-state index in [1.165, 1.54) is 56.2 Å². The summed E-state index contributed by atoms with van der Waals surface area (Å²) in [5.74, 6) is 0. The molecular weight excluding hydrogens is 260 g/mol. The van der Waals surface area contributed by atoms with Crippen LogP contribution in [0.15, 0.2) is 24.3 Å². The van der Waals surface area contributed by atoms with Crippen LogP contribution in [-0.4, -0.2) is 30.3 Å². The number of aliphatic hydroxyl groups excluding tert-OH is 1. The van der Waals surface area contributed by atoms with Gasteiger partial charge in [-0.25, -0.2) is 0 Å². The lowest BCUT2D eigenvalue weighted by atomic mass is 9.93. The van der Waals surface area contributed by atoms with Gasteiger partial charge in [0.1, 0.15) is 0 Å². The highest BCUT2D eigenvalue weighted by Crippen LogP contribution is 2.30. The van der Waals surface area contributed by atoms with Gasteiger partial charge in [-0.1, -0.05) is 37.5 Å². The van der Waals surface area contributed by atoms with E-state index in [4.69, 9.17) is 0 Å². The molecule has 0 aromatic heterocycles. The Morgan fingerprint density at radius 1 is 1.05 bits per heavy atom. The number of nitrogens with zero attached hydrogens (tertiary/aromatic N) is 1. The quantitative estimate of drug-likeness (QED) is 0.809. The molecule has 0 spiro atoms. The van der Waals surface area contributed by atoms with Gasteiger partial charge < -0.3 is 15.3 Å². The fourth-order valence-corrected chi connectivity index (χ4v) is 3.48. The number of benzene rings is 1. The van der Waals surface area contributed by atoms with Gasteiger partial charge in [-0.05, 0) is 37.3 Å². The number of rotatable bonds is 7. The van der Waals surface area contributed by atoms with Crippen LogP contribution >= 0.6 is 0 Å². The average molecular weight is 288 g/mol. The monoisotopic (exact) mass is 288 g/mol. The third-order valence-electron chi connectivity index (χ3n) is 4.82. The van der Waals surface area contributed by atoms with Crippen molar-refractivity contribution in [3.8, 4) is 0 Å². The van der Waals surface area contributed by atoms with Crippen molar-refractivity contribution in [2.45, 2.75) is 63.6 Å². The van der Waals surface area contributed by atoms with Gasteiger partial charge in [-0.2, -0.15) is 0 Å². The highest BCUT2D eigenvalue weighted by atomic mass is 16.3. The van der Waals surface area contributed by atoms with E-state index in [0.29, 0.717) is 6.04 Å². The molecule has 0 heterocycles. The smallest absolute Gasteiger partial charge is 0.0606 e. The van der Waals surface area contributed by atoms with Crippen molar-refractivity contribution >= 4 is 5.69 Å². The van der Waals surface area contributed by atoms with Gasteiger partial charge in [-0.3, -0.25) is 0 Å². The third kappa shape index (κ3) is 3.98. The van der Waals surface area contributed by atoms with Crippen LogP contribution in [0.25, 0.3) is 0 Å². The molecule has 2 aliphatic carbocycles. The molecule has 3 rings (SSSR count). The zero-order chi connectivity index (χ0) is 14.5. The van der Waals surface area contributed by atoms with Gasteiger partial charge >= 0.3 is 0 Å². The van der Waals surface area contributed by atoms with Crippen molar-refractivity contribution in [2.24, 2.45) is 0 Å². The van der Waals surface area contributed by atoms with Gasteiger partial charge in [0.2, 0.25) is 0 Å². The molecule has 2 aliphatic rings. The Balaban J connectivity index is 1.76. The molecular formula is C18H28N2O. The van der Waals surface area contributed by atoms with E-state index >= 15 is 0 Å². The Kier molecular flexibility index (Phi) is 5.15. The Morgan fingerprint density at radius 3 is 2.52 bits per heavy atom. The SMILES string of the molecule is OCCN(c1ccccc1CNC1CC1)C1CCCCC1. The van der Waals surface area contributed by atoms with E-state index < -0.39 is 0 Å². The number of hydrogen-bond acceptors (Lipinski definition) is 3. The molecule has 0 bridgehead atoms. The highest BCUT2D eigenvalue weighted by Gasteiger charge is 2.24. The van der Waals surface area contributed by atoms with Crippen molar-refractivity contribution < 1.29 is 5.11 Å². The Morgan fingerprint density at radius 2 is 1.81 bits per heavy atom. The number of hydrogen-bond donors (Lipinski definition) is 2. The lowest BCUT2D eigenvalue weighted by molar-refractivity contribution is 0.290. The largest absolute Gasteiger partial charge is 0.395 e. The summed E-state index contributed by atoms with van der Waals surface area (Å²) in [6.45, 7) is 1.95. The first kappa shape index (κ1) is 14.9. The van der Waals surface area contributed by atoms with Crippen LogP contribution in [0.4, 0.5) is 5.69 Å². The van der Waals surface area contributed by atoms with Crippen molar-refractivity contribution in [3.05, 3.63) is 29.8 Å². The first-order valence-electron chi connectivity index (χ1n) is 8.57. The molecule has 21 heavy (non-hydrogen) atoms. The minimum Gasteiger partial charge on any atom is -0.395 e. The van der Waals surface area contributed by atoms with Crippen LogP contribution in [0.1, 0.15) is 50.5 Å². The van der Waals surface area contributed by atoms with Gasteiger partial charge in [0.15, 0.2) is 0 Å². The van der Waals surface area contributed by atoms with Crippen LogP contribution in [0.3, 0.4) is 0 Å². The molecule has 1 aromatic rings. The summed E-state index contributed by atoms with van der Waals surface area (Å²) in [6.07, 6.45) is 9.21. The third-order valence-corrected chi connectivity index (χ3v) is 4.82. The van der Waals surface area contributed by atoms with Gasteiger partial charge in [0.25, 0.3) is 0 Å². The summed E-state index contributed by atoms with van der Waals surface area (Å²) in [6, 6.07) is 10.1. The first-order valence-corrected chi connectivity index (χ1v) is 8.57. The predicted octanol–water partition coefficient (Wildman–Crippen LogP) is 3.07. The van der Waals surface area contributed by atoms with Crippen LogP contribution in [0.2, 0.25) is 0 Å². The summed E-state index contributed by atoms with van der Waals surface area (Å²) in [7, 11) is 0. The zero-order valence-electron chi connectivity index (χ0n) is 12.9. The molecule has 0 radical (unpaired) electrons. The van der Waals surface area contributed by atoms with Crippen molar-refractivity contribution in [2.75, 3.05) is 18.1 Å². The molecule has 2 N–H and O–H groups in total. The maximum absolute atomic E-state index is 9.49. The second-order valence-corrected chi connectivity index (χ2v) is 6.49. The molecule has 0 unspecified atom stereocenters. The summed E-state index contributed by atoms with van der Waals surface area (Å²) < 4.78 is 0. The molecule has 1 aromatic carbocycles. The average Bonchev–Trinajstić information content (AvgIpc) is 3.36. The lowest BCUT2D eigenvalue weighted by Gasteiger charge is -2.37. The number of nitrogens with one attached hydrogen (secondary N) is 1. The van der Waals surface area contributed by atoms with Gasteiger partial charge in [0, 0.05) is 30.9 Å². The number of aliphatic hydroxyl groups is 1. The molecule has 2 fully saturated rings. The van der Waals surface area contributed by atoms with Gasteiger partial charge in [0.05, 0.1) is 6.61 Å². The molecule has 3 heteroatoms. The molecule has 3 nitrogen and oxygen atoms in total. The molecule has 0 amide bonds. The van der Waals surface area contributed by atoms with Crippen LogP contribution in [0.5, 0.6) is 0 Å². The number of anilines is 1. The summed E-state index contributed by atoms with van der Waals surface area (Å²) >= 11 is 0. The molecule has 116 valence electrons. The minimum absolute atomic E-state index is 0.237. The Bertz CT molecular complexity index is 439. The van der Waals surface area contributed by atoms with Gasteiger partial charge in [-0.15, -0.1) is 0 Å². The summed E-state index contributed by atoms with van der Waals surface area (Å²) in [5.41, 5.74) is 2.70. The Hall–Kier alpha value is -1.06. The van der Waals surface area contributed by atoms with Crippen molar-refractivity contribution in [3.63, 3.8) is 0 Å². The maximum atomic E-state index is 9.49. The van der Waals surface area contributed by atoms with E-state index in [2.05, 4.69) is 34.5 Å². The highest BCUT2D eigenvalue weighted by molar-refractivity contribution is 5.54. The Labute approximate surface area is 128 Å². The lowest BCUT2D eigenvalue weighted by Crippen LogP contribution is -2.39. The van der Waals surface area contributed by atoms with E-state index in [0.717, 1.165) is 19.1 Å². The van der Waals surface area contributed by atoms with Crippen LogP contribution in [0, 0.1) is 0 Å². The van der Waals surface area contributed by atoms with E-state index in [1.807, 2.05) is 0 Å². The number of para-hydroxylation sites is 1. The molecule has 0 atom stereocenters. The summed E-state index contributed by atoms with van der Waals surface area (Å²) in [4.78, 5) is 2.46. The molecule has 2 saturated carbocycles. The van der Waals surface area contributed by atoms with E-state index in [1.54, 1.807) is 0 Å². The molecule has 0 aliphatic heterocycles. The second-order valence-electron chi connectivity index (χ2n) is 6.49. The standard InChI is InChI=1S/C18H28N2O/c21-13-12-20(17-7-2-1-3-8-17)18-9-5-4-6-15(18)14-19-16-10-11-16/h4-6,9,16-17,19,21H,1-3,7-8,10-14H2. The zero-order valence-corrected chi connectivity index (χ0v) is 12.9. The van der Waals surface area contributed by atoms with Crippen molar-refractivity contribution in [1.82, 2.24) is 5.32 Å². The minimum atomic E-state index is 0.237. The molecule has 0 saturated heterocycles. The fraction of sp³-hybridized carbons (Fsp3) is 0.667. The summed E-state index contributed by atoms with van der Waals surface area (Å²) in [5, 5.41) is 13.1. The first-order chi connectivity index (χ1) is 10.4. The maximum Gasteiger partial charge on any atom is 0.0606 e. The predicted molar refractivity (Wildman–Crippen MR) is 87.6 cm³/mol. The fourth-order valence-electron chi connectivity index (χ4n) is 3.48.